The molecule has 0 aliphatic heterocycles. The van der Waals surface area contributed by atoms with E-state index in [4.69, 9.17) is 0 Å². The van der Waals surface area contributed by atoms with E-state index < -0.39 is 0 Å². The van der Waals surface area contributed by atoms with Crippen molar-refractivity contribution in [2.45, 2.75) is 52.5 Å². The number of hydrogen-bond acceptors (Lipinski definition) is 2. The van der Waals surface area contributed by atoms with Crippen LogP contribution in [0.2, 0.25) is 0 Å². The quantitative estimate of drug-likeness (QED) is 0.814. The lowest BCUT2D eigenvalue weighted by Crippen LogP contribution is -2.22. The van der Waals surface area contributed by atoms with Gasteiger partial charge in [0, 0.05) is 18.7 Å². The smallest absolute Gasteiger partial charge is 0.224 e. The zero-order valence-electron chi connectivity index (χ0n) is 14.6. The number of nitrogens with zero attached hydrogens (tertiary/aromatic N) is 1. The fourth-order valence-corrected chi connectivity index (χ4v) is 4.53. The molecule has 3 unspecified atom stereocenters. The number of rotatable bonds is 7. The first-order valence-corrected chi connectivity index (χ1v) is 9.29. The van der Waals surface area contributed by atoms with Gasteiger partial charge in [-0.2, -0.15) is 0 Å². The molecule has 23 heavy (non-hydrogen) atoms. The van der Waals surface area contributed by atoms with Gasteiger partial charge in [-0.25, -0.2) is 0 Å². The summed E-state index contributed by atoms with van der Waals surface area (Å²) >= 11 is 0. The van der Waals surface area contributed by atoms with E-state index in [1.54, 1.807) is 0 Å². The van der Waals surface area contributed by atoms with Gasteiger partial charge >= 0.3 is 0 Å². The van der Waals surface area contributed by atoms with Gasteiger partial charge in [0.25, 0.3) is 0 Å². The van der Waals surface area contributed by atoms with Gasteiger partial charge in [0.05, 0.1) is 0 Å². The van der Waals surface area contributed by atoms with Gasteiger partial charge in [-0.1, -0.05) is 32.4 Å². The summed E-state index contributed by atoms with van der Waals surface area (Å²) in [7, 11) is 0. The van der Waals surface area contributed by atoms with Gasteiger partial charge in [0.2, 0.25) is 5.91 Å². The average molecular weight is 314 g/mol. The van der Waals surface area contributed by atoms with E-state index in [9.17, 15) is 4.79 Å². The highest BCUT2D eigenvalue weighted by atomic mass is 16.1. The van der Waals surface area contributed by atoms with Crippen LogP contribution in [-0.4, -0.2) is 23.9 Å². The highest BCUT2D eigenvalue weighted by molar-refractivity contribution is 5.91. The fraction of sp³-hybridized carbons (Fsp3) is 0.650. The molecule has 1 amide bonds. The summed E-state index contributed by atoms with van der Waals surface area (Å²) < 4.78 is 0. The van der Waals surface area contributed by atoms with Crippen LogP contribution in [0.15, 0.2) is 24.3 Å². The van der Waals surface area contributed by atoms with Crippen LogP contribution in [-0.2, 0) is 11.3 Å². The van der Waals surface area contributed by atoms with E-state index in [2.05, 4.69) is 36.2 Å². The van der Waals surface area contributed by atoms with Crippen molar-refractivity contribution in [3.8, 4) is 0 Å². The molecule has 3 heteroatoms. The molecule has 126 valence electrons. The number of carbonyl (C=O) groups is 1. The number of anilines is 1. The number of nitrogens with one attached hydrogen (secondary N) is 1. The van der Waals surface area contributed by atoms with Gasteiger partial charge in [0.1, 0.15) is 0 Å². The van der Waals surface area contributed by atoms with Crippen molar-refractivity contribution in [2.75, 3.05) is 18.4 Å². The summed E-state index contributed by atoms with van der Waals surface area (Å²) in [6, 6.07) is 8.32. The number of benzene rings is 1. The molecule has 2 aliphatic rings. The molecule has 0 spiro atoms. The molecule has 1 aromatic carbocycles. The second-order valence-corrected chi connectivity index (χ2v) is 7.35. The molecular weight excluding hydrogens is 284 g/mol. The molecular formula is C20H30N2O. The maximum atomic E-state index is 12.4. The first-order valence-electron chi connectivity index (χ1n) is 9.29. The number of amides is 1. The summed E-state index contributed by atoms with van der Waals surface area (Å²) in [6.07, 6.45) is 6.11. The lowest BCUT2D eigenvalue weighted by Gasteiger charge is -2.21. The highest BCUT2D eigenvalue weighted by Crippen LogP contribution is 2.49. The van der Waals surface area contributed by atoms with Crippen LogP contribution < -0.4 is 5.32 Å². The first-order chi connectivity index (χ1) is 11.2. The summed E-state index contributed by atoms with van der Waals surface area (Å²) in [6.45, 7) is 7.42. The minimum absolute atomic E-state index is 0.197. The molecule has 2 saturated carbocycles. The molecule has 2 bridgehead atoms. The Morgan fingerprint density at radius 3 is 2.70 bits per heavy atom. The van der Waals surface area contributed by atoms with Crippen molar-refractivity contribution in [3.63, 3.8) is 0 Å². The fourth-order valence-electron chi connectivity index (χ4n) is 4.53. The van der Waals surface area contributed by atoms with E-state index in [1.807, 2.05) is 12.1 Å². The third-order valence-electron chi connectivity index (χ3n) is 5.84. The Labute approximate surface area is 140 Å². The second kappa shape index (κ2) is 7.48. The maximum Gasteiger partial charge on any atom is 0.224 e. The van der Waals surface area contributed by atoms with E-state index in [0.29, 0.717) is 12.3 Å². The summed E-state index contributed by atoms with van der Waals surface area (Å²) in [5, 5.41) is 3.12. The molecule has 0 radical (unpaired) electrons. The largest absolute Gasteiger partial charge is 0.326 e. The van der Waals surface area contributed by atoms with Crippen LogP contribution in [0.5, 0.6) is 0 Å². The Balaban J connectivity index is 1.54. The standard InChI is InChI=1S/C20H30N2O/c1-3-22(4-2)14-16-6-5-7-19(12-16)21-20(23)13-18-11-15-8-9-17(18)10-15/h5-7,12,15,17-18H,3-4,8-11,13-14H2,1-2H3,(H,21,23). The summed E-state index contributed by atoms with van der Waals surface area (Å²) in [4.78, 5) is 14.8. The summed E-state index contributed by atoms with van der Waals surface area (Å²) in [5.41, 5.74) is 2.22. The first kappa shape index (κ1) is 16.5. The Hall–Kier alpha value is -1.35. The Morgan fingerprint density at radius 1 is 1.22 bits per heavy atom. The van der Waals surface area contributed by atoms with Gasteiger partial charge in [-0.05, 0) is 67.8 Å². The van der Waals surface area contributed by atoms with Crippen LogP contribution >= 0.6 is 0 Å². The van der Waals surface area contributed by atoms with Gasteiger partial charge in [0.15, 0.2) is 0 Å². The Bertz CT molecular complexity index is 538. The zero-order chi connectivity index (χ0) is 16.2. The van der Waals surface area contributed by atoms with Gasteiger partial charge in [-0.3, -0.25) is 9.69 Å². The highest BCUT2D eigenvalue weighted by Gasteiger charge is 2.40. The van der Waals surface area contributed by atoms with Gasteiger partial charge in [-0.15, -0.1) is 0 Å². The van der Waals surface area contributed by atoms with E-state index in [-0.39, 0.29) is 5.91 Å². The monoisotopic (exact) mass is 314 g/mol. The molecule has 0 heterocycles. The van der Waals surface area contributed by atoms with Crippen molar-refractivity contribution < 1.29 is 4.79 Å². The predicted octanol–water partition coefficient (Wildman–Crippen LogP) is 4.29. The zero-order valence-corrected chi connectivity index (χ0v) is 14.6. The van der Waals surface area contributed by atoms with E-state index in [0.717, 1.165) is 37.2 Å². The van der Waals surface area contributed by atoms with E-state index in [1.165, 1.54) is 31.2 Å². The average Bonchev–Trinajstić information content (AvgIpc) is 3.15. The molecule has 2 fully saturated rings. The van der Waals surface area contributed by atoms with Crippen molar-refractivity contribution in [3.05, 3.63) is 29.8 Å². The Kier molecular flexibility index (Phi) is 5.37. The molecule has 0 saturated heterocycles. The maximum absolute atomic E-state index is 12.4. The van der Waals surface area contributed by atoms with Crippen molar-refractivity contribution in [1.82, 2.24) is 4.90 Å². The third kappa shape index (κ3) is 4.14. The number of hydrogen-bond donors (Lipinski definition) is 1. The molecule has 3 nitrogen and oxygen atoms in total. The molecule has 3 atom stereocenters. The molecule has 1 aromatic rings. The lowest BCUT2D eigenvalue weighted by molar-refractivity contribution is -0.117. The molecule has 0 aromatic heterocycles. The normalized spacial score (nSPS) is 26.0. The van der Waals surface area contributed by atoms with Crippen LogP contribution in [0.1, 0.15) is 51.5 Å². The van der Waals surface area contributed by atoms with Crippen LogP contribution in [0, 0.1) is 17.8 Å². The van der Waals surface area contributed by atoms with Crippen LogP contribution in [0.25, 0.3) is 0 Å². The van der Waals surface area contributed by atoms with Crippen molar-refractivity contribution in [2.24, 2.45) is 17.8 Å². The van der Waals surface area contributed by atoms with Crippen LogP contribution in [0.4, 0.5) is 5.69 Å². The second-order valence-electron chi connectivity index (χ2n) is 7.35. The molecule has 2 aliphatic carbocycles. The minimum Gasteiger partial charge on any atom is -0.326 e. The minimum atomic E-state index is 0.197. The van der Waals surface area contributed by atoms with E-state index >= 15 is 0 Å². The van der Waals surface area contributed by atoms with Gasteiger partial charge < -0.3 is 5.32 Å². The van der Waals surface area contributed by atoms with Crippen molar-refractivity contribution in [1.29, 1.82) is 0 Å². The topological polar surface area (TPSA) is 32.3 Å². The molecule has 3 rings (SSSR count). The number of fused-ring (bicyclic) bond motifs is 2. The SMILES string of the molecule is CCN(CC)Cc1cccc(NC(=O)CC2CC3CCC2C3)c1. The summed E-state index contributed by atoms with van der Waals surface area (Å²) in [5.74, 6) is 2.56. The predicted molar refractivity (Wildman–Crippen MR) is 95.3 cm³/mol. The lowest BCUT2D eigenvalue weighted by atomic mass is 9.86. The third-order valence-corrected chi connectivity index (χ3v) is 5.84. The molecule has 1 N–H and O–H groups in total. The van der Waals surface area contributed by atoms with Crippen molar-refractivity contribution >= 4 is 11.6 Å². The Morgan fingerprint density at radius 2 is 2.04 bits per heavy atom. The number of carbonyl (C=O) groups excluding carboxylic acids is 1. The van der Waals surface area contributed by atoms with Crippen LogP contribution in [0.3, 0.4) is 0 Å².